The summed E-state index contributed by atoms with van der Waals surface area (Å²) in [6.45, 7) is 8.53. The number of nitrogens with one attached hydrogen (secondary N) is 3. The van der Waals surface area contributed by atoms with E-state index in [9.17, 15) is 29.1 Å². The number of halogens is 2. The largest absolute Gasteiger partial charge is 0.481 e. The summed E-state index contributed by atoms with van der Waals surface area (Å²) < 4.78 is 11.5. The number of rotatable bonds is 14. The molecule has 14 aliphatic rings. The van der Waals surface area contributed by atoms with E-state index < -0.39 is 11.9 Å². The van der Waals surface area contributed by atoms with Crippen molar-refractivity contribution in [3.05, 3.63) is 79.1 Å². The van der Waals surface area contributed by atoms with Crippen LogP contribution in [0.15, 0.2) is 18.2 Å². The van der Waals surface area contributed by atoms with Gasteiger partial charge in [0.15, 0.2) is 17.1 Å². The highest BCUT2D eigenvalue weighted by atomic mass is 35.5. The zero-order valence-electron chi connectivity index (χ0n) is 56.3. The molecule has 1 aromatic carbocycles. The maximum Gasteiger partial charge on any atom is 0.309 e. The van der Waals surface area contributed by atoms with Gasteiger partial charge in [-0.05, 0) is 265 Å². The topological polar surface area (TPSA) is 208 Å². The van der Waals surface area contributed by atoms with Gasteiger partial charge in [-0.1, -0.05) is 68.1 Å². The number of esters is 1. The first-order chi connectivity index (χ1) is 45.5. The highest BCUT2D eigenvalue weighted by molar-refractivity contribution is 6.35. The monoisotopic (exact) mass is 1330 g/mol. The number of benzene rings is 1. The fraction of sp³-hybridized carbons (Fsp3) is 0.733. The lowest BCUT2D eigenvalue weighted by Crippen LogP contribution is -2.55. The molecule has 4 atom stereocenters. The van der Waals surface area contributed by atoms with E-state index in [1.807, 2.05) is 22.7 Å². The Labute approximate surface area is 566 Å². The number of hydrazine groups is 1. The number of carboxylic acids is 1. The predicted octanol–water partition coefficient (Wildman–Crippen LogP) is 14.5. The van der Waals surface area contributed by atoms with Crippen LogP contribution in [-0.2, 0) is 52.9 Å². The highest BCUT2D eigenvalue weighted by Crippen LogP contribution is 2.63. The first kappa shape index (κ1) is 66.0. The minimum absolute atomic E-state index is 0.0245. The number of carbonyl (C=O) groups excluding carboxylic acids is 4. The summed E-state index contributed by atoms with van der Waals surface area (Å²) in [5.74, 6) is 3.48. The van der Waals surface area contributed by atoms with Crippen molar-refractivity contribution in [2.24, 2.45) is 58.2 Å². The molecule has 3 amide bonds. The fourth-order valence-corrected chi connectivity index (χ4v) is 22.2. The number of carbonyl (C=O) groups is 5. The second-order valence-corrected chi connectivity index (χ2v) is 32.8. The molecule has 0 spiro atoms. The molecular weight excluding hydrogens is 1220 g/mol. The number of hydrogen-bond acceptors (Lipinski definition) is 10. The minimum Gasteiger partial charge on any atom is -0.481 e. The molecule has 19 heteroatoms. The maximum atomic E-state index is 13.8. The van der Waals surface area contributed by atoms with E-state index >= 15 is 0 Å². The third-order valence-corrected chi connectivity index (χ3v) is 26.2. The fourth-order valence-electron chi connectivity index (χ4n) is 21.7. The lowest BCUT2D eigenvalue weighted by atomic mass is 9.48. The molecule has 13 aliphatic carbocycles. The molecule has 3 aromatic heterocycles. The van der Waals surface area contributed by atoms with E-state index in [0.717, 1.165) is 159 Å². The molecule has 4 unspecified atom stereocenters. The van der Waals surface area contributed by atoms with Crippen molar-refractivity contribution in [1.29, 1.82) is 0 Å². The van der Waals surface area contributed by atoms with Gasteiger partial charge in [0, 0.05) is 64.0 Å². The molecule has 4 heterocycles. The van der Waals surface area contributed by atoms with Gasteiger partial charge in [-0.2, -0.15) is 15.3 Å². The van der Waals surface area contributed by atoms with Gasteiger partial charge >= 0.3 is 11.9 Å². The molecule has 1 aliphatic heterocycles. The average molecular weight is 1330 g/mol. The summed E-state index contributed by atoms with van der Waals surface area (Å²) in [6.07, 6.45) is 39.4. The van der Waals surface area contributed by atoms with Crippen LogP contribution >= 0.6 is 23.2 Å². The standard InChI is InChI=1S/C29H43N3O3.C27H39N3O3.C19H22Cl2N4O/c1-3-35-28(34)22-9-10-25-24(14-22)26(31-32(25)23-7-5-4-6-8-23)27(33)30-18(2)29-15-19-11-20(16-29)13-21(12-19)17-29;1-16(27-13-17-9-18(14-27)11-19(10-17)15-27)28-25(31)24-22-12-20(26(32)33)7-8-23(22)30(29-24)21-5-3-2-4-6-21;20-13-8-9-17(15(21)12-13)25-16-7-3-2-6-14(16)18(22-25)19(26)23-24-10-4-1-5-11-24/h18-23H,3-17H2,1-2H3,(H,30,33);16-21H,2-15H2,1H3,(H,28,31)(H,32,33);8-9,12H,1-7,10-11H2,(H,23,26). The summed E-state index contributed by atoms with van der Waals surface area (Å²) in [4.78, 5) is 64.7. The Morgan fingerprint density at radius 2 is 1.01 bits per heavy atom. The molecule has 18 rings (SSSR count). The molecule has 4 aromatic rings. The van der Waals surface area contributed by atoms with Crippen LogP contribution in [0.25, 0.3) is 5.69 Å². The van der Waals surface area contributed by atoms with Gasteiger partial charge in [0.2, 0.25) is 0 Å². The van der Waals surface area contributed by atoms with Gasteiger partial charge in [-0.3, -0.25) is 38.8 Å². The Hall–Kier alpha value is -5.26. The second-order valence-electron chi connectivity index (χ2n) is 31.9. The van der Waals surface area contributed by atoms with E-state index in [1.165, 1.54) is 128 Å². The Balaban J connectivity index is 0.000000123. The maximum absolute atomic E-state index is 13.8. The number of fused-ring (bicyclic) bond motifs is 3. The summed E-state index contributed by atoms with van der Waals surface area (Å²) in [5, 5.41) is 34.3. The highest BCUT2D eigenvalue weighted by Gasteiger charge is 2.55. The third kappa shape index (κ3) is 13.4. The quantitative estimate of drug-likeness (QED) is 0.0873. The first-order valence-electron chi connectivity index (χ1n) is 37.3. The molecule has 94 heavy (non-hydrogen) atoms. The lowest BCUT2D eigenvalue weighted by molar-refractivity contribution is -0.148. The molecule has 11 fully saturated rings. The van der Waals surface area contributed by atoms with E-state index in [-0.39, 0.29) is 52.5 Å². The number of nitrogens with zero attached hydrogens (tertiary/aromatic N) is 7. The second kappa shape index (κ2) is 27.9. The summed E-state index contributed by atoms with van der Waals surface area (Å²) in [5.41, 5.74) is 12.3. The van der Waals surface area contributed by atoms with E-state index in [1.54, 1.807) is 12.1 Å². The Morgan fingerprint density at radius 1 is 0.553 bits per heavy atom. The number of carboxylic acid groups (broad SMARTS) is 1. The van der Waals surface area contributed by atoms with Crippen molar-refractivity contribution in [1.82, 2.24) is 50.4 Å². The number of amides is 3. The van der Waals surface area contributed by atoms with Crippen molar-refractivity contribution in [2.45, 2.75) is 270 Å². The van der Waals surface area contributed by atoms with Gasteiger partial charge in [0.1, 0.15) is 0 Å². The Bertz CT molecular complexity index is 3390. The SMILES string of the molecule is CC(NC(=O)c1nn(C2CCCCC2)c2c1CC(C(=O)O)CC2)C12CC3CC(CC(C3)C1)C2.CCOC(=O)C1CCc2c(c(C(=O)NC(C)C34CC5CC(CC(C5)C3)C4)nn2C2CCCCC2)C1.O=C(NN1CCCCC1)c1nn(-c2ccc(Cl)cc2Cl)c2c1CCCC2. The van der Waals surface area contributed by atoms with Crippen molar-refractivity contribution in [3.63, 3.8) is 0 Å². The molecule has 1 saturated heterocycles. The van der Waals surface area contributed by atoms with Crippen LogP contribution in [0, 0.1) is 58.2 Å². The lowest BCUT2D eigenvalue weighted by Gasteiger charge is -2.59. The zero-order chi connectivity index (χ0) is 65.0. The van der Waals surface area contributed by atoms with Crippen LogP contribution in [-0.4, -0.2) is 101 Å². The van der Waals surface area contributed by atoms with Crippen LogP contribution < -0.4 is 16.1 Å². The normalized spacial score (nSPS) is 30.7. The van der Waals surface area contributed by atoms with Gasteiger partial charge in [-0.15, -0.1) is 0 Å². The molecular formula is C75H104Cl2N10O7. The van der Waals surface area contributed by atoms with Crippen LogP contribution in [0.1, 0.15) is 284 Å². The van der Waals surface area contributed by atoms with Crippen LogP contribution in [0.2, 0.25) is 10.0 Å². The molecule has 17 nitrogen and oxygen atoms in total. The molecule has 4 N–H and O–H groups in total. The van der Waals surface area contributed by atoms with Crippen molar-refractivity contribution < 1.29 is 33.8 Å². The van der Waals surface area contributed by atoms with Crippen molar-refractivity contribution >= 4 is 52.9 Å². The number of aromatic nitrogens is 6. The first-order valence-corrected chi connectivity index (χ1v) is 38.1. The minimum atomic E-state index is -0.751. The number of ether oxygens (including phenoxy) is 1. The van der Waals surface area contributed by atoms with E-state index in [4.69, 9.17) is 38.1 Å². The molecule has 0 radical (unpaired) electrons. The van der Waals surface area contributed by atoms with Gasteiger partial charge < -0.3 is 20.5 Å². The summed E-state index contributed by atoms with van der Waals surface area (Å²) >= 11 is 12.4. The Kier molecular flexibility index (Phi) is 19.6. The van der Waals surface area contributed by atoms with E-state index in [0.29, 0.717) is 71.5 Å². The summed E-state index contributed by atoms with van der Waals surface area (Å²) in [7, 11) is 0. The van der Waals surface area contributed by atoms with Crippen LogP contribution in [0.3, 0.4) is 0 Å². The average Bonchev–Trinajstić information content (AvgIpc) is 1.13. The van der Waals surface area contributed by atoms with Crippen LogP contribution in [0.4, 0.5) is 0 Å². The summed E-state index contributed by atoms with van der Waals surface area (Å²) in [6, 6.07) is 6.43. The van der Waals surface area contributed by atoms with Crippen molar-refractivity contribution in [3.8, 4) is 5.69 Å². The smallest absolute Gasteiger partial charge is 0.309 e. The van der Waals surface area contributed by atoms with Crippen LogP contribution in [0.5, 0.6) is 0 Å². The zero-order valence-corrected chi connectivity index (χ0v) is 57.8. The molecule has 8 bridgehead atoms. The number of hydrogen-bond donors (Lipinski definition) is 4. The van der Waals surface area contributed by atoms with E-state index in [2.05, 4.69) is 44.4 Å². The molecule has 10 saturated carbocycles. The van der Waals surface area contributed by atoms with Crippen molar-refractivity contribution in [2.75, 3.05) is 19.7 Å². The number of piperidine rings is 1. The van der Waals surface area contributed by atoms with Gasteiger partial charge in [0.05, 0.1) is 41.2 Å². The molecule has 510 valence electrons. The Morgan fingerprint density at radius 3 is 1.49 bits per heavy atom. The number of aliphatic carboxylic acids is 1. The van der Waals surface area contributed by atoms with Gasteiger partial charge in [-0.25, -0.2) is 9.69 Å². The van der Waals surface area contributed by atoms with Gasteiger partial charge in [0.25, 0.3) is 17.7 Å². The predicted molar refractivity (Wildman–Crippen MR) is 362 cm³/mol. The third-order valence-electron chi connectivity index (χ3n) is 25.7.